The maximum absolute atomic E-state index is 12.6. The van der Waals surface area contributed by atoms with Crippen LogP contribution in [0.5, 0.6) is 0 Å². The summed E-state index contributed by atoms with van der Waals surface area (Å²) >= 11 is 11.9. The van der Waals surface area contributed by atoms with Gasteiger partial charge in [0, 0.05) is 6.42 Å². The fourth-order valence-corrected chi connectivity index (χ4v) is 11.7. The van der Waals surface area contributed by atoms with Crippen LogP contribution in [0.15, 0.2) is 23.1 Å². The Hall–Kier alpha value is -1.35. The molecule has 0 aromatic heterocycles. The molecule has 0 aliphatic heterocycles. The van der Waals surface area contributed by atoms with Crippen LogP contribution in [-0.4, -0.2) is 38.0 Å². The summed E-state index contributed by atoms with van der Waals surface area (Å²) in [7, 11) is -4.22. The molecule has 1 aromatic carbocycles. The van der Waals surface area contributed by atoms with Gasteiger partial charge >= 0.3 is 0 Å². The van der Waals surface area contributed by atoms with Gasteiger partial charge in [0.25, 0.3) is 15.9 Å². The SMILES string of the molecule is C[C@H](CCC(=O)NCC(=O)NS(=O)(=O)c1cccc(Cl)c1Cl)[C@H]1CC[C@H]2[C@@H]3CC[C@@H]4C[C@H](O)CC[C@]4(C)[C@H]3CC[C@]12C. The highest BCUT2D eigenvalue weighted by molar-refractivity contribution is 7.90. The van der Waals surface area contributed by atoms with E-state index in [1.54, 1.807) is 0 Å². The van der Waals surface area contributed by atoms with E-state index in [2.05, 4.69) is 26.1 Å². The third kappa shape index (κ3) is 5.99. The van der Waals surface area contributed by atoms with Gasteiger partial charge in [0.1, 0.15) is 4.90 Å². The number of carbonyl (C=O) groups is 2. The van der Waals surface area contributed by atoms with Crippen molar-refractivity contribution >= 4 is 45.0 Å². The van der Waals surface area contributed by atoms with Gasteiger partial charge in [-0.15, -0.1) is 0 Å². The van der Waals surface area contributed by atoms with Crippen LogP contribution in [0.2, 0.25) is 10.0 Å². The van der Waals surface area contributed by atoms with Gasteiger partial charge in [-0.2, -0.15) is 0 Å². The number of benzene rings is 1. The Morgan fingerprint density at radius 1 is 1.00 bits per heavy atom. The van der Waals surface area contributed by atoms with Crippen LogP contribution in [0, 0.1) is 46.3 Å². The lowest BCUT2D eigenvalue weighted by molar-refractivity contribution is -0.130. The number of halogens is 2. The van der Waals surface area contributed by atoms with Crippen molar-refractivity contribution in [3.05, 3.63) is 28.2 Å². The number of rotatable bonds is 8. The summed E-state index contributed by atoms with van der Waals surface area (Å²) in [6.07, 6.45) is 11.6. The van der Waals surface area contributed by atoms with Crippen molar-refractivity contribution in [3.8, 4) is 0 Å². The van der Waals surface area contributed by atoms with Gasteiger partial charge in [0.05, 0.1) is 22.7 Å². The third-order valence-electron chi connectivity index (χ3n) is 12.1. The molecule has 5 rings (SSSR count). The number of fused-ring (bicyclic) bond motifs is 5. The van der Waals surface area contributed by atoms with Crippen LogP contribution in [-0.2, 0) is 19.6 Å². The monoisotopic (exact) mass is 640 g/mol. The second-order valence-corrected chi connectivity index (χ2v) is 16.6. The number of aliphatic hydroxyl groups is 1. The number of carbonyl (C=O) groups excluding carboxylic acids is 2. The Labute approximate surface area is 260 Å². The molecule has 0 bridgehead atoms. The lowest BCUT2D eigenvalue weighted by Gasteiger charge is -2.61. The van der Waals surface area contributed by atoms with Crippen molar-refractivity contribution in [1.29, 1.82) is 0 Å². The molecule has 234 valence electrons. The van der Waals surface area contributed by atoms with Crippen molar-refractivity contribution in [1.82, 2.24) is 10.0 Å². The number of aliphatic hydroxyl groups excluding tert-OH is 1. The normalized spacial score (nSPS) is 36.7. The first kappa shape index (κ1) is 32.1. The van der Waals surface area contributed by atoms with Gasteiger partial charge in [-0.1, -0.05) is 50.0 Å². The summed E-state index contributed by atoms with van der Waals surface area (Å²) < 4.78 is 27.1. The van der Waals surface area contributed by atoms with Crippen LogP contribution in [0.4, 0.5) is 0 Å². The average molecular weight is 642 g/mol. The topological polar surface area (TPSA) is 113 Å². The number of hydrogen-bond donors (Lipinski definition) is 3. The number of amides is 2. The average Bonchev–Trinajstić information content (AvgIpc) is 3.29. The molecular weight excluding hydrogens is 595 g/mol. The summed E-state index contributed by atoms with van der Waals surface area (Å²) in [5.74, 6) is 2.81. The highest BCUT2D eigenvalue weighted by Gasteiger charge is 2.60. The van der Waals surface area contributed by atoms with Crippen molar-refractivity contribution in [3.63, 3.8) is 0 Å². The lowest BCUT2D eigenvalue weighted by Crippen LogP contribution is -2.54. The highest BCUT2D eigenvalue weighted by Crippen LogP contribution is 2.68. The predicted octanol–water partition coefficient (Wildman–Crippen LogP) is 6.35. The van der Waals surface area contributed by atoms with Crippen molar-refractivity contribution in [2.75, 3.05) is 6.54 Å². The van der Waals surface area contributed by atoms with E-state index in [1.807, 2.05) is 4.72 Å². The van der Waals surface area contributed by atoms with Gasteiger partial charge in [-0.25, -0.2) is 13.1 Å². The molecule has 4 aliphatic carbocycles. The Bertz CT molecular complexity index is 1310. The number of hydrogen-bond acceptors (Lipinski definition) is 5. The van der Waals surface area contributed by atoms with Crippen molar-refractivity contribution in [2.45, 2.75) is 102 Å². The minimum absolute atomic E-state index is 0.0662. The van der Waals surface area contributed by atoms with E-state index in [0.717, 1.165) is 43.4 Å². The first-order valence-corrected chi connectivity index (χ1v) is 17.9. The first-order valence-electron chi connectivity index (χ1n) is 15.7. The van der Waals surface area contributed by atoms with Crippen LogP contribution in [0.25, 0.3) is 0 Å². The van der Waals surface area contributed by atoms with Gasteiger partial charge in [0.2, 0.25) is 5.91 Å². The summed E-state index contributed by atoms with van der Waals surface area (Å²) in [4.78, 5) is 24.7. The molecule has 2 amide bonds. The molecule has 4 saturated carbocycles. The van der Waals surface area contributed by atoms with Crippen LogP contribution in [0.1, 0.15) is 91.4 Å². The molecule has 3 N–H and O–H groups in total. The zero-order chi connectivity index (χ0) is 30.4. The molecule has 0 unspecified atom stereocenters. The largest absolute Gasteiger partial charge is 0.393 e. The minimum Gasteiger partial charge on any atom is -0.393 e. The van der Waals surface area contributed by atoms with Crippen molar-refractivity contribution in [2.24, 2.45) is 46.3 Å². The van der Waals surface area contributed by atoms with Crippen LogP contribution < -0.4 is 10.0 Å². The van der Waals surface area contributed by atoms with E-state index < -0.39 is 22.5 Å². The quantitative estimate of drug-likeness (QED) is 0.306. The molecular formula is C32H46Cl2N2O5S. The van der Waals surface area contributed by atoms with Gasteiger partial charge in [0.15, 0.2) is 0 Å². The summed E-state index contributed by atoms with van der Waals surface area (Å²) in [6, 6.07) is 4.15. The van der Waals surface area contributed by atoms with E-state index in [-0.39, 0.29) is 27.0 Å². The fraction of sp³-hybridized carbons (Fsp3) is 0.750. The highest BCUT2D eigenvalue weighted by atomic mass is 35.5. The standard InChI is InChI=1S/C32H46Cl2N2O5S/c1-19(7-12-28(38)35-18-29(39)36-42(40,41)27-6-4-5-26(33)30(27)34)23-10-11-24-22-9-8-20-17-21(37)13-15-31(20,2)25(22)14-16-32(23,24)3/h4-6,19-25,37H,7-18H2,1-3H3,(H,35,38)(H,36,39)/t19-,20-,21-,22+,23-,24+,25+,31+,32-/m1/s1. The summed E-state index contributed by atoms with van der Waals surface area (Å²) in [5, 5.41) is 12.8. The molecule has 0 saturated heterocycles. The molecule has 4 fully saturated rings. The van der Waals surface area contributed by atoms with Gasteiger partial charge in [-0.3, -0.25) is 9.59 Å². The van der Waals surface area contributed by atoms with E-state index in [1.165, 1.54) is 56.7 Å². The van der Waals surface area contributed by atoms with Gasteiger partial charge in [-0.05, 0) is 123 Å². The zero-order valence-electron chi connectivity index (χ0n) is 25.0. The Kier molecular flexibility index (Phi) is 9.32. The molecule has 42 heavy (non-hydrogen) atoms. The molecule has 0 radical (unpaired) electrons. The second-order valence-electron chi connectivity index (χ2n) is 14.2. The molecule has 4 aliphatic rings. The zero-order valence-corrected chi connectivity index (χ0v) is 27.3. The predicted molar refractivity (Wildman–Crippen MR) is 164 cm³/mol. The van der Waals surface area contributed by atoms with Crippen LogP contribution >= 0.6 is 23.2 Å². The lowest BCUT2D eigenvalue weighted by atomic mass is 9.44. The molecule has 10 heteroatoms. The number of nitrogens with one attached hydrogen (secondary N) is 2. The third-order valence-corrected chi connectivity index (χ3v) is 14.5. The maximum atomic E-state index is 12.6. The fourth-order valence-electron chi connectivity index (χ4n) is 9.97. The molecule has 0 spiro atoms. The molecule has 1 aromatic rings. The van der Waals surface area contributed by atoms with Gasteiger partial charge < -0.3 is 10.4 Å². The maximum Gasteiger partial charge on any atom is 0.265 e. The van der Waals surface area contributed by atoms with E-state index in [9.17, 15) is 23.1 Å². The summed E-state index contributed by atoms with van der Waals surface area (Å²) in [5.41, 5.74) is 0.668. The number of sulfonamides is 1. The Morgan fingerprint density at radius 3 is 2.48 bits per heavy atom. The van der Waals surface area contributed by atoms with E-state index in [4.69, 9.17) is 23.2 Å². The van der Waals surface area contributed by atoms with E-state index >= 15 is 0 Å². The molecule has 0 heterocycles. The summed E-state index contributed by atoms with van der Waals surface area (Å²) in [6.45, 7) is 6.87. The molecule has 9 atom stereocenters. The Balaban J connectivity index is 1.12. The Morgan fingerprint density at radius 2 is 1.71 bits per heavy atom. The first-order chi connectivity index (χ1) is 19.8. The second kappa shape index (κ2) is 12.2. The smallest absolute Gasteiger partial charge is 0.265 e. The molecule has 7 nitrogen and oxygen atoms in total. The minimum atomic E-state index is -4.22. The van der Waals surface area contributed by atoms with E-state index in [0.29, 0.717) is 35.0 Å². The van der Waals surface area contributed by atoms with Crippen LogP contribution in [0.3, 0.4) is 0 Å². The van der Waals surface area contributed by atoms with Crippen molar-refractivity contribution < 1.29 is 23.1 Å².